The minimum absolute atomic E-state index is 0.204. The van der Waals surface area contributed by atoms with Crippen LogP contribution < -0.4 is 10.5 Å². The van der Waals surface area contributed by atoms with Crippen molar-refractivity contribution in [3.8, 4) is 0 Å². The van der Waals surface area contributed by atoms with Crippen molar-refractivity contribution in [2.24, 2.45) is 5.92 Å². The van der Waals surface area contributed by atoms with Crippen LogP contribution in [0, 0.1) is 12.8 Å². The van der Waals surface area contributed by atoms with E-state index < -0.39 is 0 Å². The second-order valence-electron chi connectivity index (χ2n) is 3.99. The Morgan fingerprint density at radius 3 is 2.82 bits per heavy atom. The molecule has 0 radical (unpaired) electrons. The lowest BCUT2D eigenvalue weighted by molar-refractivity contribution is -0.144. The van der Waals surface area contributed by atoms with Crippen molar-refractivity contribution >= 4 is 11.8 Å². The Balaban J connectivity index is 2.79. The van der Waals surface area contributed by atoms with E-state index in [-0.39, 0.29) is 17.4 Å². The van der Waals surface area contributed by atoms with Gasteiger partial charge >= 0.3 is 5.97 Å². The summed E-state index contributed by atoms with van der Waals surface area (Å²) in [6, 6.07) is 1.40. The van der Waals surface area contributed by atoms with E-state index in [1.807, 2.05) is 0 Å². The van der Waals surface area contributed by atoms with Crippen molar-refractivity contribution in [1.82, 2.24) is 9.97 Å². The van der Waals surface area contributed by atoms with Crippen LogP contribution in [-0.4, -0.2) is 36.6 Å². The zero-order chi connectivity index (χ0) is 13.0. The van der Waals surface area contributed by atoms with Crippen LogP contribution in [0.25, 0.3) is 0 Å². The van der Waals surface area contributed by atoms with Crippen LogP contribution in [0.15, 0.2) is 10.9 Å². The van der Waals surface area contributed by atoms with Crippen molar-refractivity contribution in [2.75, 3.05) is 25.6 Å². The van der Waals surface area contributed by atoms with Gasteiger partial charge in [-0.3, -0.25) is 9.59 Å². The predicted molar refractivity (Wildman–Crippen MR) is 64.0 cm³/mol. The average Bonchev–Trinajstić information content (AvgIpc) is 2.26. The van der Waals surface area contributed by atoms with Crippen molar-refractivity contribution in [3.05, 3.63) is 22.2 Å². The van der Waals surface area contributed by atoms with E-state index in [1.165, 1.54) is 13.2 Å². The maximum absolute atomic E-state index is 11.3. The fourth-order valence-corrected chi connectivity index (χ4v) is 1.54. The molecular weight excluding hydrogens is 222 g/mol. The summed E-state index contributed by atoms with van der Waals surface area (Å²) in [4.78, 5) is 31.1. The molecule has 0 amide bonds. The monoisotopic (exact) mass is 239 g/mol. The summed E-state index contributed by atoms with van der Waals surface area (Å²) < 4.78 is 4.64. The fourth-order valence-electron chi connectivity index (χ4n) is 1.54. The number of aromatic nitrogens is 2. The van der Waals surface area contributed by atoms with Crippen molar-refractivity contribution in [2.45, 2.75) is 13.8 Å². The number of carbonyl (C=O) groups is 1. The van der Waals surface area contributed by atoms with Gasteiger partial charge in [0.15, 0.2) is 0 Å². The highest BCUT2D eigenvalue weighted by atomic mass is 16.5. The quantitative estimate of drug-likeness (QED) is 0.766. The molecule has 17 heavy (non-hydrogen) atoms. The molecule has 6 heteroatoms. The van der Waals surface area contributed by atoms with Gasteiger partial charge in [-0.1, -0.05) is 6.92 Å². The summed E-state index contributed by atoms with van der Waals surface area (Å²) in [7, 11) is 3.13. The maximum atomic E-state index is 11.3. The summed E-state index contributed by atoms with van der Waals surface area (Å²) in [5.41, 5.74) is -0.204. The second-order valence-corrected chi connectivity index (χ2v) is 3.99. The van der Waals surface area contributed by atoms with E-state index in [2.05, 4.69) is 14.7 Å². The van der Waals surface area contributed by atoms with E-state index in [0.29, 0.717) is 18.2 Å². The molecule has 1 aromatic rings. The number of hydrogen-bond acceptors (Lipinski definition) is 5. The zero-order valence-corrected chi connectivity index (χ0v) is 10.5. The second kappa shape index (κ2) is 5.47. The van der Waals surface area contributed by atoms with Crippen molar-refractivity contribution in [1.29, 1.82) is 0 Å². The molecule has 1 heterocycles. The first-order chi connectivity index (χ1) is 7.93. The molecule has 1 rings (SSSR count). The number of anilines is 1. The Morgan fingerprint density at radius 2 is 2.29 bits per heavy atom. The Hall–Kier alpha value is -1.85. The lowest BCUT2D eigenvalue weighted by Gasteiger charge is -2.21. The first kappa shape index (κ1) is 13.2. The van der Waals surface area contributed by atoms with Crippen molar-refractivity contribution in [3.63, 3.8) is 0 Å². The van der Waals surface area contributed by atoms with Crippen molar-refractivity contribution < 1.29 is 9.53 Å². The molecular formula is C11H17N3O3. The zero-order valence-electron chi connectivity index (χ0n) is 10.5. The summed E-state index contributed by atoms with van der Waals surface area (Å²) in [6.07, 6.45) is 0. The Kier molecular flexibility index (Phi) is 4.25. The molecule has 0 bridgehead atoms. The third-order valence-electron chi connectivity index (χ3n) is 2.39. The number of aromatic amines is 1. The molecule has 0 aliphatic heterocycles. The van der Waals surface area contributed by atoms with Crippen LogP contribution in [0.2, 0.25) is 0 Å². The number of aryl methyl sites for hydroxylation is 1. The minimum Gasteiger partial charge on any atom is -0.469 e. The molecule has 1 aromatic heterocycles. The minimum atomic E-state index is -0.279. The van der Waals surface area contributed by atoms with Gasteiger partial charge in [-0.2, -0.15) is 0 Å². The number of methoxy groups -OCH3 is 1. The number of nitrogens with one attached hydrogen (secondary N) is 1. The SMILES string of the molecule is COC(=O)C(C)CN(C)c1cc(=O)[nH]c(C)n1. The molecule has 0 aliphatic carbocycles. The van der Waals surface area contributed by atoms with Gasteiger partial charge in [0, 0.05) is 19.7 Å². The molecule has 6 nitrogen and oxygen atoms in total. The number of carbonyl (C=O) groups excluding carboxylic acids is 1. The van der Waals surface area contributed by atoms with E-state index in [9.17, 15) is 9.59 Å². The summed E-state index contributed by atoms with van der Waals surface area (Å²) >= 11 is 0. The molecule has 0 aliphatic rings. The lowest BCUT2D eigenvalue weighted by atomic mass is 10.2. The lowest BCUT2D eigenvalue weighted by Crippen LogP contribution is -2.30. The van der Waals surface area contributed by atoms with Crippen LogP contribution in [0.3, 0.4) is 0 Å². The van der Waals surface area contributed by atoms with Gasteiger partial charge in [0.1, 0.15) is 11.6 Å². The molecule has 0 fully saturated rings. The first-order valence-corrected chi connectivity index (χ1v) is 5.31. The highest BCUT2D eigenvalue weighted by molar-refractivity contribution is 5.72. The third kappa shape index (κ3) is 3.58. The topological polar surface area (TPSA) is 75.3 Å². The molecule has 0 aromatic carbocycles. The van der Waals surface area contributed by atoms with Gasteiger partial charge in [-0.25, -0.2) is 4.98 Å². The Morgan fingerprint density at radius 1 is 1.65 bits per heavy atom. The molecule has 1 unspecified atom stereocenters. The third-order valence-corrected chi connectivity index (χ3v) is 2.39. The summed E-state index contributed by atoms with van der Waals surface area (Å²) in [5, 5.41) is 0. The van der Waals surface area contributed by atoms with Gasteiger partial charge in [0.25, 0.3) is 5.56 Å². The standard InChI is InChI=1S/C11H17N3O3/c1-7(11(16)17-4)6-14(3)9-5-10(15)13-8(2)12-9/h5,7H,6H2,1-4H3,(H,12,13,15). The van der Waals surface area contributed by atoms with Gasteiger partial charge < -0.3 is 14.6 Å². The highest BCUT2D eigenvalue weighted by Crippen LogP contribution is 2.09. The van der Waals surface area contributed by atoms with E-state index in [0.717, 1.165) is 0 Å². The number of nitrogens with zero attached hydrogens (tertiary/aromatic N) is 2. The van der Waals surface area contributed by atoms with Crippen LogP contribution in [0.5, 0.6) is 0 Å². The Labute approximate surface area is 99.6 Å². The average molecular weight is 239 g/mol. The molecule has 0 saturated heterocycles. The number of H-pyrrole nitrogens is 1. The summed E-state index contributed by atoms with van der Waals surface area (Å²) in [6.45, 7) is 3.92. The summed E-state index contributed by atoms with van der Waals surface area (Å²) in [5.74, 6) is 0.539. The van der Waals surface area contributed by atoms with Gasteiger partial charge in [0.05, 0.1) is 13.0 Å². The highest BCUT2D eigenvalue weighted by Gasteiger charge is 2.16. The fraction of sp³-hybridized carbons (Fsp3) is 0.545. The van der Waals surface area contributed by atoms with Gasteiger partial charge in [-0.05, 0) is 6.92 Å². The van der Waals surface area contributed by atoms with E-state index in [4.69, 9.17) is 0 Å². The van der Waals surface area contributed by atoms with Gasteiger partial charge in [-0.15, -0.1) is 0 Å². The molecule has 1 atom stereocenters. The van der Waals surface area contributed by atoms with Crippen LogP contribution in [0.4, 0.5) is 5.82 Å². The molecule has 1 N–H and O–H groups in total. The molecule has 0 spiro atoms. The molecule has 94 valence electrons. The molecule has 0 saturated carbocycles. The van der Waals surface area contributed by atoms with Crippen LogP contribution in [-0.2, 0) is 9.53 Å². The van der Waals surface area contributed by atoms with Gasteiger partial charge in [0.2, 0.25) is 0 Å². The first-order valence-electron chi connectivity index (χ1n) is 5.31. The largest absolute Gasteiger partial charge is 0.469 e. The number of esters is 1. The van der Waals surface area contributed by atoms with Crippen LogP contribution in [0.1, 0.15) is 12.7 Å². The number of hydrogen-bond donors (Lipinski definition) is 1. The normalized spacial score (nSPS) is 12.0. The van der Waals surface area contributed by atoms with Crippen LogP contribution >= 0.6 is 0 Å². The Bertz CT molecular complexity index is 456. The van der Waals surface area contributed by atoms with E-state index in [1.54, 1.807) is 25.8 Å². The van der Waals surface area contributed by atoms with E-state index >= 15 is 0 Å². The smallest absolute Gasteiger partial charge is 0.310 e. The maximum Gasteiger partial charge on any atom is 0.310 e. The predicted octanol–water partition coefficient (Wildman–Crippen LogP) is 0.324. The number of rotatable bonds is 4. The number of ether oxygens (including phenoxy) is 1.